The molecular formula is C16H14F3N5OS. The molecule has 2 aromatic heterocycles. The van der Waals surface area contributed by atoms with E-state index in [4.69, 9.17) is 0 Å². The van der Waals surface area contributed by atoms with E-state index in [1.807, 2.05) is 24.4 Å². The number of halogens is 3. The molecule has 0 aliphatic rings. The lowest BCUT2D eigenvalue weighted by atomic mass is 10.1. The molecule has 0 aliphatic heterocycles. The molecule has 6 nitrogen and oxygen atoms in total. The lowest BCUT2D eigenvalue weighted by Gasteiger charge is -2.11. The van der Waals surface area contributed by atoms with Gasteiger partial charge in [0.15, 0.2) is 0 Å². The van der Waals surface area contributed by atoms with Gasteiger partial charge in [0.2, 0.25) is 11.7 Å². The second kappa shape index (κ2) is 7.24. The van der Waals surface area contributed by atoms with Crippen molar-refractivity contribution in [2.75, 3.05) is 0 Å². The highest BCUT2D eigenvalue weighted by atomic mass is 32.1. The number of rotatable bonds is 5. The van der Waals surface area contributed by atoms with E-state index < -0.39 is 11.7 Å². The average molecular weight is 381 g/mol. The summed E-state index contributed by atoms with van der Waals surface area (Å²) in [5.74, 6) is -0.297. The Labute approximate surface area is 150 Å². The maximum atomic E-state index is 12.8. The standard InChI is InChI=1S/C16H14F3N5OS/c1-10(13-6-3-7-26-13)20-14(25)9-24-22-15(21-23-24)11-4-2-5-12(8-11)16(17,18)19/h2-8,10H,9H2,1H3,(H,20,25)/t10-/m1/s1. The second-order valence-electron chi connectivity index (χ2n) is 5.53. The van der Waals surface area contributed by atoms with Gasteiger partial charge in [-0.15, -0.1) is 21.5 Å². The number of hydrogen-bond donors (Lipinski definition) is 1. The predicted molar refractivity (Wildman–Crippen MR) is 89.1 cm³/mol. The summed E-state index contributed by atoms with van der Waals surface area (Å²) < 4.78 is 38.4. The highest BCUT2D eigenvalue weighted by molar-refractivity contribution is 7.10. The Hall–Kier alpha value is -2.75. The summed E-state index contributed by atoms with van der Waals surface area (Å²) in [6.07, 6.45) is -4.45. The molecule has 3 aromatic rings. The Bertz CT molecular complexity index is 891. The fourth-order valence-corrected chi connectivity index (χ4v) is 3.02. The van der Waals surface area contributed by atoms with Gasteiger partial charge in [0.1, 0.15) is 6.54 Å². The first-order chi connectivity index (χ1) is 12.3. The van der Waals surface area contributed by atoms with Crippen molar-refractivity contribution in [3.63, 3.8) is 0 Å². The molecule has 1 atom stereocenters. The number of alkyl halides is 3. The van der Waals surface area contributed by atoms with Crippen LogP contribution in [-0.4, -0.2) is 26.1 Å². The van der Waals surface area contributed by atoms with Crippen LogP contribution in [0.2, 0.25) is 0 Å². The van der Waals surface area contributed by atoms with E-state index in [0.717, 1.165) is 21.8 Å². The molecule has 2 heterocycles. The van der Waals surface area contributed by atoms with Gasteiger partial charge in [-0.25, -0.2) is 0 Å². The highest BCUT2D eigenvalue weighted by Crippen LogP contribution is 2.31. The van der Waals surface area contributed by atoms with Crippen molar-refractivity contribution in [2.45, 2.75) is 25.7 Å². The van der Waals surface area contributed by atoms with Crippen molar-refractivity contribution in [3.8, 4) is 11.4 Å². The molecule has 1 aromatic carbocycles. The minimum Gasteiger partial charge on any atom is -0.347 e. The Morgan fingerprint density at radius 1 is 1.31 bits per heavy atom. The lowest BCUT2D eigenvalue weighted by Crippen LogP contribution is -2.30. The van der Waals surface area contributed by atoms with Crippen LogP contribution in [0.15, 0.2) is 41.8 Å². The summed E-state index contributed by atoms with van der Waals surface area (Å²) in [7, 11) is 0. The lowest BCUT2D eigenvalue weighted by molar-refractivity contribution is -0.137. The summed E-state index contributed by atoms with van der Waals surface area (Å²) in [5, 5.41) is 16.2. The SMILES string of the molecule is C[C@@H](NC(=O)Cn1nnc(-c2cccc(C(F)(F)F)c2)n1)c1cccs1. The first kappa shape index (κ1) is 18.1. The maximum absolute atomic E-state index is 12.8. The fraction of sp³-hybridized carbons (Fsp3) is 0.250. The van der Waals surface area contributed by atoms with E-state index in [-0.39, 0.29) is 29.9 Å². The normalized spacial score (nSPS) is 12.8. The van der Waals surface area contributed by atoms with Crippen LogP contribution in [0.5, 0.6) is 0 Å². The summed E-state index contributed by atoms with van der Waals surface area (Å²) >= 11 is 1.53. The van der Waals surface area contributed by atoms with Gasteiger partial charge in [0.05, 0.1) is 11.6 Å². The van der Waals surface area contributed by atoms with E-state index >= 15 is 0 Å². The maximum Gasteiger partial charge on any atom is 0.416 e. The number of nitrogens with one attached hydrogen (secondary N) is 1. The zero-order valence-electron chi connectivity index (χ0n) is 13.6. The van der Waals surface area contributed by atoms with Gasteiger partial charge in [-0.2, -0.15) is 18.0 Å². The smallest absolute Gasteiger partial charge is 0.347 e. The third kappa shape index (κ3) is 4.26. The highest BCUT2D eigenvalue weighted by Gasteiger charge is 2.30. The van der Waals surface area contributed by atoms with Gasteiger partial charge in [-0.3, -0.25) is 4.79 Å². The Morgan fingerprint density at radius 3 is 2.81 bits per heavy atom. The third-order valence-electron chi connectivity index (χ3n) is 3.53. The van der Waals surface area contributed by atoms with Crippen LogP contribution in [0.3, 0.4) is 0 Å². The molecule has 0 unspecified atom stereocenters. The van der Waals surface area contributed by atoms with E-state index in [9.17, 15) is 18.0 Å². The molecule has 10 heteroatoms. The van der Waals surface area contributed by atoms with E-state index in [2.05, 4.69) is 20.7 Å². The molecule has 0 bridgehead atoms. The summed E-state index contributed by atoms with van der Waals surface area (Å²) in [5.41, 5.74) is -0.618. The third-order valence-corrected chi connectivity index (χ3v) is 4.59. The number of tetrazole rings is 1. The number of nitrogens with zero attached hydrogens (tertiary/aromatic N) is 4. The Balaban J connectivity index is 1.67. The average Bonchev–Trinajstić information content (AvgIpc) is 3.26. The van der Waals surface area contributed by atoms with Crippen LogP contribution in [0.25, 0.3) is 11.4 Å². The molecule has 0 saturated heterocycles. The van der Waals surface area contributed by atoms with Gasteiger partial charge >= 0.3 is 6.18 Å². The van der Waals surface area contributed by atoms with Crippen LogP contribution < -0.4 is 5.32 Å². The van der Waals surface area contributed by atoms with E-state index in [0.29, 0.717) is 0 Å². The molecule has 1 N–H and O–H groups in total. The quantitative estimate of drug-likeness (QED) is 0.736. The second-order valence-corrected chi connectivity index (χ2v) is 6.51. The largest absolute Gasteiger partial charge is 0.416 e. The van der Waals surface area contributed by atoms with Crippen molar-refractivity contribution >= 4 is 17.2 Å². The predicted octanol–water partition coefficient (Wildman–Crippen LogP) is 3.30. The molecule has 136 valence electrons. The van der Waals surface area contributed by atoms with Crippen LogP contribution in [0.1, 0.15) is 23.4 Å². The number of hydrogen-bond acceptors (Lipinski definition) is 5. The number of carbonyl (C=O) groups is 1. The van der Waals surface area contributed by atoms with E-state index in [1.54, 1.807) is 0 Å². The van der Waals surface area contributed by atoms with Gasteiger partial charge in [0, 0.05) is 10.4 Å². The van der Waals surface area contributed by atoms with Crippen LogP contribution in [0, 0.1) is 0 Å². The molecule has 0 saturated carbocycles. The number of benzene rings is 1. The molecule has 0 spiro atoms. The zero-order valence-corrected chi connectivity index (χ0v) is 14.4. The fourth-order valence-electron chi connectivity index (χ4n) is 2.28. The van der Waals surface area contributed by atoms with E-state index in [1.165, 1.54) is 23.5 Å². The Kier molecular flexibility index (Phi) is 5.03. The Morgan fingerprint density at radius 2 is 2.12 bits per heavy atom. The molecular weight excluding hydrogens is 367 g/mol. The minimum absolute atomic E-state index is 0.0233. The molecule has 3 rings (SSSR count). The van der Waals surface area contributed by atoms with Crippen LogP contribution in [-0.2, 0) is 17.5 Å². The molecule has 0 radical (unpaired) electrons. The molecule has 26 heavy (non-hydrogen) atoms. The van der Waals surface area contributed by atoms with Crippen molar-refractivity contribution in [3.05, 3.63) is 52.2 Å². The van der Waals surface area contributed by atoms with Crippen molar-refractivity contribution < 1.29 is 18.0 Å². The number of amides is 1. The zero-order chi connectivity index (χ0) is 18.7. The molecule has 0 fully saturated rings. The molecule has 1 amide bonds. The van der Waals surface area contributed by atoms with Gasteiger partial charge < -0.3 is 5.32 Å². The number of thiophene rings is 1. The number of aromatic nitrogens is 4. The first-order valence-corrected chi connectivity index (χ1v) is 8.49. The summed E-state index contributed by atoms with van der Waals surface area (Å²) in [6.45, 7) is 1.67. The van der Waals surface area contributed by atoms with Crippen molar-refractivity contribution in [2.24, 2.45) is 0 Å². The molecule has 0 aliphatic carbocycles. The summed E-state index contributed by atoms with van der Waals surface area (Å²) in [4.78, 5) is 14.1. The monoisotopic (exact) mass is 381 g/mol. The van der Waals surface area contributed by atoms with Gasteiger partial charge in [-0.1, -0.05) is 18.2 Å². The van der Waals surface area contributed by atoms with Crippen molar-refractivity contribution in [1.82, 2.24) is 25.5 Å². The van der Waals surface area contributed by atoms with Gasteiger partial charge in [-0.05, 0) is 35.7 Å². The van der Waals surface area contributed by atoms with Crippen molar-refractivity contribution in [1.29, 1.82) is 0 Å². The number of carbonyl (C=O) groups excluding carboxylic acids is 1. The topological polar surface area (TPSA) is 72.7 Å². The van der Waals surface area contributed by atoms with Crippen LogP contribution >= 0.6 is 11.3 Å². The first-order valence-electron chi connectivity index (χ1n) is 7.61. The summed E-state index contributed by atoms with van der Waals surface area (Å²) in [6, 6.07) is 8.28. The van der Waals surface area contributed by atoms with Crippen LogP contribution in [0.4, 0.5) is 13.2 Å². The minimum atomic E-state index is -4.45. The van der Waals surface area contributed by atoms with Gasteiger partial charge in [0.25, 0.3) is 0 Å².